The Kier molecular flexibility index (Phi) is 3.45. The highest BCUT2D eigenvalue weighted by Gasteiger charge is 2.23. The standard InChI is InChI=1S/C12H12FNO4/c13-8-3-7(12(16)17)4-10(5-8)18-6-11(15)14-9-1-2-9/h3-5,9H,1-2,6H2,(H,14,15)(H,16,17). The molecule has 1 aromatic carbocycles. The van der Waals surface area contributed by atoms with E-state index in [1.807, 2.05) is 0 Å². The average molecular weight is 253 g/mol. The molecule has 0 bridgehead atoms. The molecule has 96 valence electrons. The quantitative estimate of drug-likeness (QED) is 0.826. The van der Waals surface area contributed by atoms with E-state index in [9.17, 15) is 14.0 Å². The van der Waals surface area contributed by atoms with E-state index in [0.717, 1.165) is 25.0 Å². The molecule has 1 aromatic rings. The molecule has 0 heterocycles. The molecule has 0 atom stereocenters. The van der Waals surface area contributed by atoms with Crippen LogP contribution < -0.4 is 10.1 Å². The summed E-state index contributed by atoms with van der Waals surface area (Å²) in [6, 6.07) is 3.33. The van der Waals surface area contributed by atoms with E-state index in [2.05, 4.69) is 5.32 Å². The van der Waals surface area contributed by atoms with Crippen molar-refractivity contribution in [2.45, 2.75) is 18.9 Å². The third-order valence-corrected chi connectivity index (χ3v) is 2.43. The van der Waals surface area contributed by atoms with Crippen LogP contribution in [0.3, 0.4) is 0 Å². The molecule has 0 aliphatic heterocycles. The van der Waals surface area contributed by atoms with Crippen molar-refractivity contribution in [1.29, 1.82) is 0 Å². The molecule has 0 unspecified atom stereocenters. The highest BCUT2D eigenvalue weighted by atomic mass is 19.1. The molecule has 0 spiro atoms. The number of carbonyl (C=O) groups is 2. The molecule has 0 saturated heterocycles. The van der Waals surface area contributed by atoms with Gasteiger partial charge in [0.05, 0.1) is 5.56 Å². The first-order valence-corrected chi connectivity index (χ1v) is 5.50. The highest BCUT2D eigenvalue weighted by molar-refractivity contribution is 5.88. The topological polar surface area (TPSA) is 75.6 Å². The van der Waals surface area contributed by atoms with Gasteiger partial charge in [-0.15, -0.1) is 0 Å². The molecule has 5 nitrogen and oxygen atoms in total. The third kappa shape index (κ3) is 3.44. The lowest BCUT2D eigenvalue weighted by molar-refractivity contribution is -0.123. The van der Waals surface area contributed by atoms with Crippen LogP contribution in [0.15, 0.2) is 18.2 Å². The molecule has 2 rings (SSSR count). The lowest BCUT2D eigenvalue weighted by Gasteiger charge is -2.07. The zero-order valence-electron chi connectivity index (χ0n) is 9.48. The van der Waals surface area contributed by atoms with Gasteiger partial charge < -0.3 is 15.2 Å². The molecular weight excluding hydrogens is 241 g/mol. The second-order valence-corrected chi connectivity index (χ2v) is 4.11. The number of rotatable bonds is 5. The minimum Gasteiger partial charge on any atom is -0.484 e. The van der Waals surface area contributed by atoms with Crippen molar-refractivity contribution >= 4 is 11.9 Å². The average Bonchev–Trinajstić information content (AvgIpc) is 3.09. The van der Waals surface area contributed by atoms with Crippen molar-refractivity contribution in [3.63, 3.8) is 0 Å². The van der Waals surface area contributed by atoms with E-state index >= 15 is 0 Å². The Morgan fingerprint density at radius 2 is 2.11 bits per heavy atom. The molecule has 2 N–H and O–H groups in total. The fourth-order valence-corrected chi connectivity index (χ4v) is 1.42. The van der Waals surface area contributed by atoms with Gasteiger partial charge in [-0.05, 0) is 25.0 Å². The number of halogens is 1. The van der Waals surface area contributed by atoms with E-state index < -0.39 is 11.8 Å². The molecule has 0 radical (unpaired) electrons. The van der Waals surface area contributed by atoms with Gasteiger partial charge in [0.2, 0.25) is 0 Å². The zero-order chi connectivity index (χ0) is 13.1. The summed E-state index contributed by atoms with van der Waals surface area (Å²) >= 11 is 0. The molecule has 6 heteroatoms. The van der Waals surface area contributed by atoms with Gasteiger partial charge in [0, 0.05) is 12.1 Å². The van der Waals surface area contributed by atoms with Crippen LogP contribution in [0.5, 0.6) is 5.75 Å². The van der Waals surface area contributed by atoms with Crippen molar-refractivity contribution < 1.29 is 23.8 Å². The minimum absolute atomic E-state index is 0.0262. The molecule has 1 aliphatic rings. The number of carbonyl (C=O) groups excluding carboxylic acids is 1. The van der Waals surface area contributed by atoms with Gasteiger partial charge in [0.25, 0.3) is 5.91 Å². The van der Waals surface area contributed by atoms with Crippen LogP contribution in [0, 0.1) is 5.82 Å². The monoisotopic (exact) mass is 253 g/mol. The maximum Gasteiger partial charge on any atom is 0.335 e. The summed E-state index contributed by atoms with van der Waals surface area (Å²) < 4.78 is 18.1. The van der Waals surface area contributed by atoms with Crippen LogP contribution in [0.25, 0.3) is 0 Å². The number of ether oxygens (including phenoxy) is 1. The van der Waals surface area contributed by atoms with Gasteiger partial charge in [0.1, 0.15) is 11.6 Å². The fraction of sp³-hybridized carbons (Fsp3) is 0.333. The van der Waals surface area contributed by atoms with E-state index in [4.69, 9.17) is 9.84 Å². The Morgan fingerprint density at radius 3 is 2.72 bits per heavy atom. The van der Waals surface area contributed by atoms with Crippen LogP contribution in [0.2, 0.25) is 0 Å². The Balaban J connectivity index is 1.95. The maximum absolute atomic E-state index is 13.1. The molecule has 1 aliphatic carbocycles. The molecule has 1 saturated carbocycles. The van der Waals surface area contributed by atoms with Crippen molar-refractivity contribution in [2.75, 3.05) is 6.61 Å². The molecule has 1 amide bonds. The molecule has 0 aromatic heterocycles. The summed E-state index contributed by atoms with van der Waals surface area (Å²) in [5.74, 6) is -2.23. The fourth-order valence-electron chi connectivity index (χ4n) is 1.42. The number of carboxylic acid groups (broad SMARTS) is 1. The third-order valence-electron chi connectivity index (χ3n) is 2.43. The normalized spacial score (nSPS) is 14.1. The van der Waals surface area contributed by atoms with Gasteiger partial charge in [0.15, 0.2) is 6.61 Å². The summed E-state index contributed by atoms with van der Waals surface area (Å²) in [6.07, 6.45) is 1.93. The number of carboxylic acids is 1. The van der Waals surface area contributed by atoms with E-state index in [1.165, 1.54) is 6.07 Å². The predicted octanol–water partition coefficient (Wildman–Crippen LogP) is 1.18. The predicted molar refractivity (Wildman–Crippen MR) is 60.0 cm³/mol. The maximum atomic E-state index is 13.1. The zero-order valence-corrected chi connectivity index (χ0v) is 9.48. The molecule has 18 heavy (non-hydrogen) atoms. The van der Waals surface area contributed by atoms with Crippen LogP contribution in [0.1, 0.15) is 23.2 Å². The first kappa shape index (κ1) is 12.3. The smallest absolute Gasteiger partial charge is 0.335 e. The molecular formula is C12H12FNO4. The SMILES string of the molecule is O=C(COc1cc(F)cc(C(=O)O)c1)NC1CC1. The van der Waals surface area contributed by atoms with Gasteiger partial charge in [-0.1, -0.05) is 0 Å². The number of hydrogen-bond donors (Lipinski definition) is 2. The number of aromatic carboxylic acids is 1. The summed E-state index contributed by atoms with van der Waals surface area (Å²) in [7, 11) is 0. The first-order valence-electron chi connectivity index (χ1n) is 5.50. The highest BCUT2D eigenvalue weighted by Crippen LogP contribution is 2.19. The Labute approximate surface area is 103 Å². The Hall–Kier alpha value is -2.11. The van der Waals surface area contributed by atoms with Crippen molar-refractivity contribution in [2.24, 2.45) is 0 Å². The largest absolute Gasteiger partial charge is 0.484 e. The minimum atomic E-state index is -1.25. The molecule has 1 fully saturated rings. The summed E-state index contributed by atoms with van der Waals surface area (Å²) in [5.41, 5.74) is -0.215. The lowest BCUT2D eigenvalue weighted by Crippen LogP contribution is -2.30. The van der Waals surface area contributed by atoms with Crippen LogP contribution in [-0.4, -0.2) is 29.6 Å². The van der Waals surface area contributed by atoms with E-state index in [1.54, 1.807) is 0 Å². The van der Waals surface area contributed by atoms with E-state index in [-0.39, 0.29) is 29.9 Å². The second kappa shape index (κ2) is 5.03. The number of benzene rings is 1. The number of nitrogens with one attached hydrogen (secondary N) is 1. The first-order chi connectivity index (χ1) is 8.54. The van der Waals surface area contributed by atoms with Crippen LogP contribution in [-0.2, 0) is 4.79 Å². The van der Waals surface area contributed by atoms with Gasteiger partial charge >= 0.3 is 5.97 Å². The van der Waals surface area contributed by atoms with Gasteiger partial charge in [-0.25, -0.2) is 9.18 Å². The van der Waals surface area contributed by atoms with Crippen LogP contribution in [0.4, 0.5) is 4.39 Å². The lowest BCUT2D eigenvalue weighted by atomic mass is 10.2. The van der Waals surface area contributed by atoms with Crippen LogP contribution >= 0.6 is 0 Å². The van der Waals surface area contributed by atoms with Crippen molar-refractivity contribution in [3.8, 4) is 5.75 Å². The van der Waals surface area contributed by atoms with E-state index in [0.29, 0.717) is 0 Å². The Bertz CT molecular complexity index is 485. The van der Waals surface area contributed by atoms with Crippen molar-refractivity contribution in [1.82, 2.24) is 5.32 Å². The van der Waals surface area contributed by atoms with Crippen molar-refractivity contribution in [3.05, 3.63) is 29.6 Å². The van der Waals surface area contributed by atoms with Gasteiger partial charge in [-0.3, -0.25) is 4.79 Å². The summed E-state index contributed by atoms with van der Waals surface area (Å²) in [4.78, 5) is 22.0. The second-order valence-electron chi connectivity index (χ2n) is 4.11. The Morgan fingerprint density at radius 1 is 1.39 bits per heavy atom. The summed E-state index contributed by atoms with van der Waals surface area (Å²) in [5, 5.41) is 11.4. The number of hydrogen-bond acceptors (Lipinski definition) is 3. The summed E-state index contributed by atoms with van der Waals surface area (Å²) in [6.45, 7) is -0.251. The van der Waals surface area contributed by atoms with Gasteiger partial charge in [-0.2, -0.15) is 0 Å². The number of amides is 1.